The number of carbonyl (C=O) groups is 1. The maximum atomic E-state index is 12.5. The molecular formula is C13H8Cl2O7S2. The largest absolute Gasteiger partial charge is 0.297 e. The van der Waals surface area contributed by atoms with Gasteiger partial charge in [0, 0.05) is 16.0 Å². The van der Waals surface area contributed by atoms with E-state index in [0.717, 1.165) is 6.07 Å². The molecule has 0 saturated carbocycles. The molecule has 0 radical (unpaired) electrons. The van der Waals surface area contributed by atoms with Crippen LogP contribution >= 0.6 is 35.2 Å². The van der Waals surface area contributed by atoms with Crippen molar-refractivity contribution in [2.75, 3.05) is 0 Å². The zero-order valence-electron chi connectivity index (χ0n) is 11.5. The van der Waals surface area contributed by atoms with Crippen molar-refractivity contribution < 1.29 is 32.4 Å². The van der Waals surface area contributed by atoms with Crippen LogP contribution < -0.4 is 0 Å². The Morgan fingerprint density at radius 1 is 1.17 bits per heavy atom. The van der Waals surface area contributed by atoms with Crippen molar-refractivity contribution in [2.45, 2.75) is 9.79 Å². The van der Waals surface area contributed by atoms with Gasteiger partial charge in [0.25, 0.3) is 10.1 Å². The third-order valence-corrected chi connectivity index (χ3v) is 5.26. The van der Waals surface area contributed by atoms with Gasteiger partial charge in [0.15, 0.2) is 5.78 Å². The van der Waals surface area contributed by atoms with E-state index < -0.39 is 25.8 Å². The summed E-state index contributed by atoms with van der Waals surface area (Å²) >= 11 is 12.3. The predicted molar refractivity (Wildman–Crippen MR) is 86.8 cm³/mol. The monoisotopic (exact) mass is 410 g/mol. The maximum Gasteiger partial charge on any atom is 0.297 e. The molecule has 128 valence electrons. The van der Waals surface area contributed by atoms with E-state index in [1.54, 1.807) is 6.07 Å². The number of hydrogen-bond acceptors (Lipinski definition) is 7. The summed E-state index contributed by atoms with van der Waals surface area (Å²) in [5, 5.41) is 10.8. The van der Waals surface area contributed by atoms with Gasteiger partial charge in [-0.15, -0.1) is 4.33 Å². The van der Waals surface area contributed by atoms with Gasteiger partial charge in [0.1, 0.15) is 4.90 Å². The second kappa shape index (κ2) is 7.81. The van der Waals surface area contributed by atoms with E-state index >= 15 is 0 Å². The summed E-state index contributed by atoms with van der Waals surface area (Å²) in [5.41, 5.74) is 0.00205. The summed E-state index contributed by atoms with van der Waals surface area (Å²) in [6, 6.07) is 8.37. The summed E-state index contributed by atoms with van der Waals surface area (Å²) < 4.78 is 36.2. The van der Waals surface area contributed by atoms with Crippen LogP contribution in [0.4, 0.5) is 0 Å². The Morgan fingerprint density at radius 3 is 2.50 bits per heavy atom. The van der Waals surface area contributed by atoms with Gasteiger partial charge in [0.2, 0.25) is 0 Å². The molecule has 2 rings (SSSR count). The molecule has 0 atom stereocenters. The van der Waals surface area contributed by atoms with Crippen LogP contribution in [-0.4, -0.2) is 24.0 Å². The Bertz CT molecular complexity index is 884. The lowest BCUT2D eigenvalue weighted by atomic mass is 10.0. The molecular weight excluding hydrogens is 403 g/mol. The van der Waals surface area contributed by atoms with Crippen molar-refractivity contribution in [3.63, 3.8) is 0 Å². The van der Waals surface area contributed by atoms with E-state index in [-0.39, 0.29) is 16.1 Å². The molecule has 2 aromatic rings. The molecule has 0 aromatic heterocycles. The topological polar surface area (TPSA) is 110 Å². The molecule has 0 bridgehead atoms. The highest BCUT2D eigenvalue weighted by molar-refractivity contribution is 7.94. The summed E-state index contributed by atoms with van der Waals surface area (Å²) in [7, 11) is -4.71. The number of benzene rings is 2. The zero-order valence-corrected chi connectivity index (χ0v) is 14.6. The summed E-state index contributed by atoms with van der Waals surface area (Å²) in [6.07, 6.45) is 0. The normalized spacial score (nSPS) is 11.5. The van der Waals surface area contributed by atoms with Gasteiger partial charge in [-0.3, -0.25) is 9.35 Å². The molecule has 0 spiro atoms. The average Bonchev–Trinajstić information content (AvgIpc) is 2.51. The van der Waals surface area contributed by atoms with Crippen molar-refractivity contribution in [1.82, 2.24) is 0 Å². The Balaban J connectivity index is 2.48. The minimum absolute atomic E-state index is 0.157. The van der Waals surface area contributed by atoms with E-state index in [9.17, 15) is 17.8 Å². The third kappa shape index (κ3) is 4.26. The quantitative estimate of drug-likeness (QED) is 0.242. The van der Waals surface area contributed by atoms with Crippen LogP contribution in [0.15, 0.2) is 46.2 Å². The van der Waals surface area contributed by atoms with Crippen LogP contribution in [0.25, 0.3) is 0 Å². The van der Waals surface area contributed by atoms with Crippen LogP contribution in [0.5, 0.6) is 0 Å². The van der Waals surface area contributed by atoms with Crippen molar-refractivity contribution in [1.29, 1.82) is 0 Å². The van der Waals surface area contributed by atoms with Crippen molar-refractivity contribution in [3.8, 4) is 0 Å². The van der Waals surface area contributed by atoms with Gasteiger partial charge in [-0.25, -0.2) is 5.26 Å². The van der Waals surface area contributed by atoms with Gasteiger partial charge >= 0.3 is 0 Å². The molecule has 0 unspecified atom stereocenters. The fourth-order valence-corrected chi connectivity index (χ4v) is 3.95. The van der Waals surface area contributed by atoms with Crippen molar-refractivity contribution in [3.05, 3.63) is 57.6 Å². The molecule has 0 aliphatic carbocycles. The average molecular weight is 411 g/mol. The van der Waals surface area contributed by atoms with E-state index in [2.05, 4.69) is 9.37 Å². The van der Waals surface area contributed by atoms with Crippen molar-refractivity contribution in [2.24, 2.45) is 0 Å². The van der Waals surface area contributed by atoms with E-state index in [4.69, 9.17) is 28.5 Å². The number of rotatable bonds is 6. The van der Waals surface area contributed by atoms with Crippen LogP contribution in [0.3, 0.4) is 0 Å². The first-order valence-corrected chi connectivity index (χ1v) is 8.94. The lowest BCUT2D eigenvalue weighted by molar-refractivity contribution is -0.432. The van der Waals surface area contributed by atoms with Crippen LogP contribution in [0.2, 0.25) is 10.0 Å². The van der Waals surface area contributed by atoms with Gasteiger partial charge in [-0.2, -0.15) is 8.42 Å². The Hall–Kier alpha value is -1.17. The van der Waals surface area contributed by atoms with Gasteiger partial charge in [0.05, 0.1) is 22.1 Å². The van der Waals surface area contributed by atoms with Crippen LogP contribution in [0.1, 0.15) is 15.9 Å². The Morgan fingerprint density at radius 2 is 1.88 bits per heavy atom. The summed E-state index contributed by atoms with van der Waals surface area (Å²) in [4.78, 5) is 12.2. The maximum absolute atomic E-state index is 12.5. The minimum Gasteiger partial charge on any atom is -0.289 e. The molecule has 0 aliphatic heterocycles. The third-order valence-electron chi connectivity index (χ3n) is 2.81. The number of carbonyl (C=O) groups excluding carboxylic acids is 1. The first kappa shape index (κ1) is 19.2. The van der Waals surface area contributed by atoms with Crippen LogP contribution in [0, 0.1) is 0 Å². The van der Waals surface area contributed by atoms with E-state index in [1.165, 1.54) is 24.3 Å². The summed E-state index contributed by atoms with van der Waals surface area (Å²) in [5.74, 6) is -0.603. The number of halogens is 2. The standard InChI is InChI=1S/C13H8Cl2O7S2/c14-10-5-4-9(11(15)13(10)24(18,19)20)12(16)7-2-1-3-8(6-7)23-22-21-17/h1-6,17H,(H,18,19,20). The lowest BCUT2D eigenvalue weighted by Gasteiger charge is -2.09. The first-order valence-electron chi connectivity index (χ1n) is 6.00. The molecule has 0 amide bonds. The molecule has 11 heteroatoms. The highest BCUT2D eigenvalue weighted by Crippen LogP contribution is 2.33. The SMILES string of the molecule is O=C(c1cccc(SOOO)c1)c1ccc(Cl)c(S(=O)(=O)O)c1Cl. The smallest absolute Gasteiger partial charge is 0.289 e. The molecule has 2 aromatic carbocycles. The predicted octanol–water partition coefficient (Wildman–Crippen LogP) is 3.90. The molecule has 0 heterocycles. The highest BCUT2D eigenvalue weighted by atomic mass is 35.5. The second-order valence-electron chi connectivity index (χ2n) is 4.30. The molecule has 2 N–H and O–H groups in total. The minimum atomic E-state index is -4.71. The Labute approximate surface area is 150 Å². The molecule has 0 aliphatic rings. The van der Waals surface area contributed by atoms with Gasteiger partial charge < -0.3 is 0 Å². The number of hydrogen-bond donors (Lipinski definition) is 2. The molecule has 0 saturated heterocycles. The molecule has 24 heavy (non-hydrogen) atoms. The van der Waals surface area contributed by atoms with Crippen molar-refractivity contribution >= 4 is 51.1 Å². The fraction of sp³-hybridized carbons (Fsp3) is 0. The zero-order chi connectivity index (χ0) is 17.9. The number of ketones is 1. The van der Waals surface area contributed by atoms with E-state index in [0.29, 0.717) is 16.9 Å². The first-order chi connectivity index (χ1) is 11.3. The van der Waals surface area contributed by atoms with Gasteiger partial charge in [-0.1, -0.05) is 40.4 Å². The fourth-order valence-electron chi connectivity index (χ4n) is 1.84. The summed E-state index contributed by atoms with van der Waals surface area (Å²) in [6.45, 7) is 0. The van der Waals surface area contributed by atoms with Crippen LogP contribution in [-0.2, 0) is 19.5 Å². The molecule has 0 fully saturated rings. The van der Waals surface area contributed by atoms with Gasteiger partial charge in [-0.05, 0) is 24.3 Å². The molecule has 7 nitrogen and oxygen atoms in total. The highest BCUT2D eigenvalue weighted by Gasteiger charge is 2.25. The lowest BCUT2D eigenvalue weighted by Crippen LogP contribution is -2.07. The van der Waals surface area contributed by atoms with E-state index in [1.807, 2.05) is 0 Å². The second-order valence-corrected chi connectivity index (χ2v) is 7.21. The Kier molecular flexibility index (Phi) is 6.23.